The number of carbonyl (C=O) groups is 1. The van der Waals surface area contributed by atoms with Crippen LogP contribution in [0.4, 0.5) is 0 Å². The summed E-state index contributed by atoms with van der Waals surface area (Å²) in [6.07, 6.45) is 9.05. The van der Waals surface area contributed by atoms with E-state index in [-0.39, 0.29) is 5.91 Å². The van der Waals surface area contributed by atoms with Crippen LogP contribution in [0.15, 0.2) is 18.7 Å². The molecule has 1 amide bonds. The largest absolute Gasteiger partial charge is 0.390 e. The molecule has 1 atom stereocenters. The molecule has 3 rings (SSSR count). The SMILES string of the molecule is O=C1CCCN1CC(O)CN1CCC(n2ccnc2)CC1. The molecule has 2 saturated heterocycles. The smallest absolute Gasteiger partial charge is 0.222 e. The first kappa shape index (κ1) is 14.5. The van der Waals surface area contributed by atoms with Crippen LogP contribution in [-0.2, 0) is 4.79 Å². The number of nitrogens with zero attached hydrogens (tertiary/aromatic N) is 4. The van der Waals surface area contributed by atoms with Crippen LogP contribution in [0.1, 0.15) is 31.7 Å². The maximum atomic E-state index is 11.6. The molecule has 0 bridgehead atoms. The van der Waals surface area contributed by atoms with E-state index in [4.69, 9.17) is 0 Å². The van der Waals surface area contributed by atoms with Gasteiger partial charge in [-0.05, 0) is 19.3 Å². The maximum absolute atomic E-state index is 11.6. The minimum Gasteiger partial charge on any atom is -0.390 e. The zero-order valence-corrected chi connectivity index (χ0v) is 12.4. The summed E-state index contributed by atoms with van der Waals surface area (Å²) >= 11 is 0. The van der Waals surface area contributed by atoms with E-state index in [1.54, 1.807) is 4.90 Å². The molecule has 116 valence electrons. The Bertz CT molecular complexity index is 454. The Morgan fingerprint density at radius 2 is 2.10 bits per heavy atom. The summed E-state index contributed by atoms with van der Waals surface area (Å²) in [4.78, 5) is 19.8. The number of piperidine rings is 1. The Morgan fingerprint density at radius 3 is 2.71 bits per heavy atom. The van der Waals surface area contributed by atoms with Crippen molar-refractivity contribution in [2.45, 2.75) is 37.8 Å². The zero-order valence-electron chi connectivity index (χ0n) is 12.4. The minimum absolute atomic E-state index is 0.188. The first-order chi connectivity index (χ1) is 10.2. The van der Waals surface area contributed by atoms with Crippen LogP contribution >= 0.6 is 0 Å². The van der Waals surface area contributed by atoms with Gasteiger partial charge in [-0.25, -0.2) is 4.98 Å². The Kier molecular flexibility index (Phi) is 4.55. The van der Waals surface area contributed by atoms with E-state index in [0.717, 1.165) is 38.9 Å². The fourth-order valence-corrected chi connectivity index (χ4v) is 3.39. The molecule has 0 radical (unpaired) electrons. The second-order valence-electron chi connectivity index (χ2n) is 6.14. The number of hydrogen-bond acceptors (Lipinski definition) is 4. The van der Waals surface area contributed by atoms with Crippen molar-refractivity contribution in [3.63, 3.8) is 0 Å². The zero-order chi connectivity index (χ0) is 14.7. The van der Waals surface area contributed by atoms with Gasteiger partial charge in [0.25, 0.3) is 0 Å². The number of likely N-dealkylation sites (tertiary alicyclic amines) is 2. The van der Waals surface area contributed by atoms with Gasteiger partial charge in [0.1, 0.15) is 0 Å². The molecule has 1 unspecified atom stereocenters. The lowest BCUT2D eigenvalue weighted by atomic mass is 10.0. The monoisotopic (exact) mass is 292 g/mol. The van der Waals surface area contributed by atoms with Gasteiger partial charge in [0.15, 0.2) is 0 Å². The number of aromatic nitrogens is 2. The highest BCUT2D eigenvalue weighted by atomic mass is 16.3. The molecule has 3 heterocycles. The number of aliphatic hydroxyl groups is 1. The number of carbonyl (C=O) groups excluding carboxylic acids is 1. The van der Waals surface area contributed by atoms with Crippen LogP contribution in [0, 0.1) is 0 Å². The highest BCUT2D eigenvalue weighted by Crippen LogP contribution is 2.22. The molecule has 21 heavy (non-hydrogen) atoms. The number of β-amino-alcohol motifs (C(OH)–C–C–N with tert-alkyl or cyclic N) is 1. The highest BCUT2D eigenvalue weighted by Gasteiger charge is 2.25. The second kappa shape index (κ2) is 6.58. The fourth-order valence-electron chi connectivity index (χ4n) is 3.39. The van der Waals surface area contributed by atoms with Crippen molar-refractivity contribution in [3.8, 4) is 0 Å². The van der Waals surface area contributed by atoms with Crippen LogP contribution in [-0.4, -0.2) is 69.2 Å². The highest BCUT2D eigenvalue weighted by molar-refractivity contribution is 5.78. The number of hydrogen-bond donors (Lipinski definition) is 1. The molecule has 6 nitrogen and oxygen atoms in total. The van der Waals surface area contributed by atoms with E-state index in [1.807, 2.05) is 18.7 Å². The van der Waals surface area contributed by atoms with E-state index >= 15 is 0 Å². The van der Waals surface area contributed by atoms with E-state index in [0.29, 0.717) is 25.6 Å². The van der Waals surface area contributed by atoms with Gasteiger partial charge in [0.2, 0.25) is 5.91 Å². The number of rotatable bonds is 5. The van der Waals surface area contributed by atoms with Crippen molar-refractivity contribution < 1.29 is 9.90 Å². The normalized spacial score (nSPS) is 22.9. The van der Waals surface area contributed by atoms with E-state index < -0.39 is 6.10 Å². The summed E-state index contributed by atoms with van der Waals surface area (Å²) in [5.41, 5.74) is 0. The van der Waals surface area contributed by atoms with Crippen molar-refractivity contribution in [3.05, 3.63) is 18.7 Å². The summed E-state index contributed by atoms with van der Waals surface area (Å²) in [5.74, 6) is 0.188. The van der Waals surface area contributed by atoms with Crippen LogP contribution in [0.25, 0.3) is 0 Å². The van der Waals surface area contributed by atoms with Gasteiger partial charge in [-0.15, -0.1) is 0 Å². The van der Waals surface area contributed by atoms with Crippen molar-refractivity contribution in [2.75, 3.05) is 32.7 Å². The van der Waals surface area contributed by atoms with E-state index in [2.05, 4.69) is 14.5 Å². The third-order valence-electron chi connectivity index (χ3n) is 4.58. The molecule has 2 fully saturated rings. The van der Waals surface area contributed by atoms with Gasteiger partial charge in [-0.1, -0.05) is 0 Å². The van der Waals surface area contributed by atoms with Crippen LogP contribution < -0.4 is 0 Å². The van der Waals surface area contributed by atoms with Gasteiger partial charge >= 0.3 is 0 Å². The quantitative estimate of drug-likeness (QED) is 0.858. The predicted octanol–water partition coefficient (Wildman–Crippen LogP) is 0.503. The predicted molar refractivity (Wildman–Crippen MR) is 78.8 cm³/mol. The molecule has 0 spiro atoms. The standard InChI is InChI=1S/C15H24N4O2/c20-14(11-18-6-1-2-15(18)21)10-17-7-3-13(4-8-17)19-9-5-16-12-19/h5,9,12-14,20H,1-4,6-8,10-11H2. The summed E-state index contributed by atoms with van der Waals surface area (Å²) in [5, 5.41) is 10.2. The Hall–Kier alpha value is -1.40. The Morgan fingerprint density at radius 1 is 1.29 bits per heavy atom. The van der Waals surface area contributed by atoms with Crippen LogP contribution in [0.3, 0.4) is 0 Å². The third kappa shape index (κ3) is 3.63. The Labute approximate surface area is 125 Å². The van der Waals surface area contributed by atoms with Gasteiger partial charge in [-0.2, -0.15) is 0 Å². The molecule has 0 saturated carbocycles. The first-order valence-electron chi connectivity index (χ1n) is 7.88. The number of aliphatic hydroxyl groups excluding tert-OH is 1. The molecular formula is C15H24N4O2. The third-order valence-corrected chi connectivity index (χ3v) is 4.58. The molecule has 0 aromatic carbocycles. The second-order valence-corrected chi connectivity index (χ2v) is 6.14. The average molecular weight is 292 g/mol. The molecule has 2 aliphatic heterocycles. The molecule has 1 aromatic heterocycles. The fraction of sp³-hybridized carbons (Fsp3) is 0.733. The molecule has 0 aliphatic carbocycles. The Balaban J connectivity index is 1.41. The van der Waals surface area contributed by atoms with Crippen molar-refractivity contribution in [1.29, 1.82) is 0 Å². The number of imidazole rings is 1. The molecule has 2 aliphatic rings. The number of amides is 1. The minimum atomic E-state index is -0.433. The van der Waals surface area contributed by atoms with E-state index in [1.165, 1.54) is 0 Å². The van der Waals surface area contributed by atoms with Gasteiger partial charge in [-0.3, -0.25) is 4.79 Å². The first-order valence-corrected chi connectivity index (χ1v) is 7.88. The van der Waals surface area contributed by atoms with Crippen LogP contribution in [0.5, 0.6) is 0 Å². The molecule has 1 aromatic rings. The summed E-state index contributed by atoms with van der Waals surface area (Å²) in [7, 11) is 0. The van der Waals surface area contributed by atoms with E-state index in [9.17, 15) is 9.90 Å². The van der Waals surface area contributed by atoms with Crippen LogP contribution in [0.2, 0.25) is 0 Å². The molecule has 6 heteroatoms. The maximum Gasteiger partial charge on any atom is 0.222 e. The summed E-state index contributed by atoms with van der Waals surface area (Å²) < 4.78 is 2.18. The molecular weight excluding hydrogens is 268 g/mol. The molecule has 1 N–H and O–H groups in total. The summed E-state index contributed by atoms with van der Waals surface area (Å²) in [6.45, 7) is 3.95. The van der Waals surface area contributed by atoms with Gasteiger partial charge in [0.05, 0.1) is 12.4 Å². The van der Waals surface area contributed by atoms with Gasteiger partial charge in [0, 0.05) is 57.6 Å². The topological polar surface area (TPSA) is 61.6 Å². The van der Waals surface area contributed by atoms with Crippen molar-refractivity contribution in [2.24, 2.45) is 0 Å². The lowest BCUT2D eigenvalue weighted by Crippen LogP contribution is -2.43. The lowest BCUT2D eigenvalue weighted by molar-refractivity contribution is -0.129. The average Bonchev–Trinajstić information content (AvgIpc) is 3.12. The van der Waals surface area contributed by atoms with Crippen molar-refractivity contribution >= 4 is 5.91 Å². The lowest BCUT2D eigenvalue weighted by Gasteiger charge is -2.34. The summed E-state index contributed by atoms with van der Waals surface area (Å²) in [6, 6.07) is 0.529. The van der Waals surface area contributed by atoms with Crippen molar-refractivity contribution in [1.82, 2.24) is 19.4 Å². The van der Waals surface area contributed by atoms with Gasteiger partial charge < -0.3 is 19.5 Å².